The quantitative estimate of drug-likeness (QED) is 0.624. The number of nitrogen functional groups attached to an aromatic ring is 1. The van der Waals surface area contributed by atoms with E-state index in [9.17, 15) is 21.6 Å². The summed E-state index contributed by atoms with van der Waals surface area (Å²) in [5.74, 6) is 0.818. The number of hydrogen-bond acceptors (Lipinski definition) is 7. The fourth-order valence-corrected chi connectivity index (χ4v) is 5.47. The molecule has 4 rings (SSSR count). The highest BCUT2D eigenvalue weighted by molar-refractivity contribution is 7.86. The van der Waals surface area contributed by atoms with E-state index in [0.29, 0.717) is 41.7 Å². The molecule has 1 aromatic heterocycles. The number of anilines is 2. The van der Waals surface area contributed by atoms with E-state index < -0.39 is 28.0 Å². The molecule has 0 saturated carbocycles. The van der Waals surface area contributed by atoms with Crippen molar-refractivity contribution < 1.29 is 26.3 Å². The maximum Gasteiger partial charge on any atom is 0.416 e. The van der Waals surface area contributed by atoms with Gasteiger partial charge >= 0.3 is 6.18 Å². The Kier molecular flexibility index (Phi) is 6.24. The van der Waals surface area contributed by atoms with E-state index in [-0.39, 0.29) is 31.9 Å². The fraction of sp³-hybridized carbons (Fsp3) is 0.500. The summed E-state index contributed by atoms with van der Waals surface area (Å²) >= 11 is 0. The van der Waals surface area contributed by atoms with Crippen molar-refractivity contribution in [1.29, 1.82) is 0 Å². The zero-order chi connectivity index (χ0) is 24.0. The fourth-order valence-electron chi connectivity index (χ4n) is 3.95. The first kappa shape index (κ1) is 23.7. The Morgan fingerprint density at radius 2 is 1.82 bits per heavy atom. The van der Waals surface area contributed by atoms with Gasteiger partial charge in [-0.1, -0.05) is 0 Å². The summed E-state index contributed by atoms with van der Waals surface area (Å²) in [7, 11) is -3.72. The molecule has 180 valence electrons. The van der Waals surface area contributed by atoms with Gasteiger partial charge in [-0.25, -0.2) is 9.97 Å². The first-order valence-corrected chi connectivity index (χ1v) is 11.8. The molecule has 0 spiro atoms. The van der Waals surface area contributed by atoms with E-state index in [1.165, 1.54) is 14.7 Å². The maximum atomic E-state index is 13.2. The molecular weight excluding hydrogens is 461 g/mol. The van der Waals surface area contributed by atoms with Gasteiger partial charge in [0.05, 0.1) is 37.1 Å². The van der Waals surface area contributed by atoms with Crippen LogP contribution in [0, 0.1) is 6.92 Å². The van der Waals surface area contributed by atoms with Gasteiger partial charge in [0.1, 0.15) is 11.6 Å². The molecule has 0 amide bonds. The van der Waals surface area contributed by atoms with Gasteiger partial charge in [-0.3, -0.25) is 0 Å². The Balaban J connectivity index is 1.59. The summed E-state index contributed by atoms with van der Waals surface area (Å²) in [6.45, 7) is 4.76. The number of fused-ring (bicyclic) bond motifs is 1. The monoisotopic (exact) mass is 486 g/mol. The minimum atomic E-state index is -4.52. The topological polar surface area (TPSA) is 114 Å². The molecule has 0 bridgehead atoms. The van der Waals surface area contributed by atoms with Gasteiger partial charge in [-0.2, -0.15) is 30.2 Å². The van der Waals surface area contributed by atoms with Gasteiger partial charge in [-0.05, 0) is 37.6 Å². The summed E-state index contributed by atoms with van der Waals surface area (Å²) < 4.78 is 73.7. The van der Waals surface area contributed by atoms with Crippen LogP contribution < -0.4 is 11.1 Å². The smallest absolute Gasteiger partial charge is 0.399 e. The molecule has 2 aliphatic heterocycles. The predicted octanol–water partition coefficient (Wildman–Crippen LogP) is 2.45. The van der Waals surface area contributed by atoms with E-state index >= 15 is 0 Å². The van der Waals surface area contributed by atoms with Crippen LogP contribution in [0.2, 0.25) is 0 Å². The van der Waals surface area contributed by atoms with Crippen LogP contribution in [0.1, 0.15) is 41.2 Å². The van der Waals surface area contributed by atoms with E-state index in [1.807, 2.05) is 0 Å². The highest BCUT2D eigenvalue weighted by Crippen LogP contribution is 2.35. The Morgan fingerprint density at radius 3 is 2.48 bits per heavy atom. The summed E-state index contributed by atoms with van der Waals surface area (Å²) in [5.41, 5.74) is 6.37. The van der Waals surface area contributed by atoms with Crippen LogP contribution in [0.5, 0.6) is 0 Å². The van der Waals surface area contributed by atoms with Crippen LogP contribution in [-0.2, 0) is 34.2 Å². The third kappa shape index (κ3) is 4.90. The molecular formula is C20H25F3N6O3S. The number of alkyl halides is 3. The van der Waals surface area contributed by atoms with Crippen molar-refractivity contribution in [3.8, 4) is 0 Å². The molecule has 0 aliphatic carbocycles. The molecule has 3 N–H and O–H groups in total. The molecule has 13 heteroatoms. The molecule has 1 fully saturated rings. The van der Waals surface area contributed by atoms with Gasteiger partial charge < -0.3 is 15.8 Å². The van der Waals surface area contributed by atoms with Crippen LogP contribution in [0.25, 0.3) is 0 Å². The molecule has 1 saturated heterocycles. The first-order chi connectivity index (χ1) is 15.4. The Bertz CT molecular complexity index is 1150. The lowest BCUT2D eigenvalue weighted by Crippen LogP contribution is -2.46. The Morgan fingerprint density at radius 1 is 1.12 bits per heavy atom. The van der Waals surface area contributed by atoms with E-state index in [4.69, 9.17) is 10.5 Å². The molecule has 1 unspecified atom stereocenters. The minimum Gasteiger partial charge on any atom is -0.399 e. The summed E-state index contributed by atoms with van der Waals surface area (Å²) in [6, 6.07) is 2.82. The van der Waals surface area contributed by atoms with Gasteiger partial charge in [0, 0.05) is 30.9 Å². The number of nitrogens with two attached hydrogens (primary N) is 1. The number of aryl methyl sites for hydroxylation is 1. The lowest BCUT2D eigenvalue weighted by Gasteiger charge is -2.29. The van der Waals surface area contributed by atoms with Gasteiger partial charge in [0.2, 0.25) is 0 Å². The number of nitrogens with zero attached hydrogens (tertiary/aromatic N) is 4. The molecule has 3 heterocycles. The normalized spacial score (nSPS) is 18.8. The second kappa shape index (κ2) is 8.70. The second-order valence-corrected chi connectivity index (χ2v) is 10.0. The maximum absolute atomic E-state index is 13.2. The molecule has 9 nitrogen and oxygen atoms in total. The lowest BCUT2D eigenvalue weighted by atomic mass is 10.0. The standard InChI is InChI=1S/C20H25F3N6O3S/c1-12(14-7-15(20(21,22)23)9-16(24)8-14)25-19-17-10-29(11-18(17)26-13(2)27-19)33(30,31)28-3-5-32-6-4-28/h7-9,12H,3-6,10-11,24H2,1-2H3,(H,25,26,27). The SMILES string of the molecule is Cc1nc2c(c(NC(C)c3cc(N)cc(C(F)(F)F)c3)n1)CN(S(=O)(=O)N1CCOCC1)C2. The highest BCUT2D eigenvalue weighted by atomic mass is 32.2. The number of nitrogens with one attached hydrogen (secondary N) is 1. The molecule has 1 atom stereocenters. The van der Waals surface area contributed by atoms with Crippen molar-refractivity contribution in [2.24, 2.45) is 0 Å². The van der Waals surface area contributed by atoms with Gasteiger partial charge in [0.15, 0.2) is 0 Å². The number of hydrogen-bond donors (Lipinski definition) is 2. The summed E-state index contributed by atoms with van der Waals surface area (Å²) in [4.78, 5) is 8.80. The van der Waals surface area contributed by atoms with Crippen LogP contribution in [0.4, 0.5) is 24.7 Å². The Labute approximate surface area is 189 Å². The third-order valence-electron chi connectivity index (χ3n) is 5.65. The number of rotatable bonds is 5. The van der Waals surface area contributed by atoms with E-state index in [0.717, 1.165) is 12.1 Å². The van der Waals surface area contributed by atoms with Gasteiger partial charge in [0.25, 0.3) is 10.2 Å². The number of benzene rings is 1. The van der Waals surface area contributed by atoms with Crippen LogP contribution in [0.3, 0.4) is 0 Å². The average molecular weight is 487 g/mol. The molecule has 1 aromatic carbocycles. The van der Waals surface area contributed by atoms with Crippen molar-refractivity contribution in [3.05, 3.63) is 46.4 Å². The van der Waals surface area contributed by atoms with E-state index in [2.05, 4.69) is 15.3 Å². The largest absolute Gasteiger partial charge is 0.416 e. The van der Waals surface area contributed by atoms with Crippen LogP contribution >= 0.6 is 0 Å². The third-order valence-corrected chi connectivity index (χ3v) is 7.57. The van der Waals surface area contributed by atoms with Crippen molar-refractivity contribution >= 4 is 21.7 Å². The van der Waals surface area contributed by atoms with Crippen molar-refractivity contribution in [2.45, 2.75) is 39.2 Å². The van der Waals surface area contributed by atoms with Crippen LogP contribution in [-0.4, -0.2) is 53.3 Å². The highest BCUT2D eigenvalue weighted by Gasteiger charge is 2.37. The van der Waals surface area contributed by atoms with Gasteiger partial charge in [-0.15, -0.1) is 0 Å². The second-order valence-electron chi connectivity index (χ2n) is 8.08. The predicted molar refractivity (Wildman–Crippen MR) is 115 cm³/mol. The molecule has 2 aliphatic rings. The molecule has 2 aromatic rings. The zero-order valence-corrected chi connectivity index (χ0v) is 19.0. The van der Waals surface area contributed by atoms with Crippen molar-refractivity contribution in [1.82, 2.24) is 18.6 Å². The number of halogens is 3. The number of aromatic nitrogens is 2. The minimum absolute atomic E-state index is 0.000326. The van der Waals surface area contributed by atoms with Crippen molar-refractivity contribution in [3.63, 3.8) is 0 Å². The molecule has 33 heavy (non-hydrogen) atoms. The van der Waals surface area contributed by atoms with Crippen molar-refractivity contribution in [2.75, 3.05) is 37.4 Å². The van der Waals surface area contributed by atoms with E-state index in [1.54, 1.807) is 13.8 Å². The summed E-state index contributed by atoms with van der Waals surface area (Å²) in [5, 5.41) is 3.13. The molecule has 0 radical (unpaired) electrons. The number of morpholine rings is 1. The summed E-state index contributed by atoms with van der Waals surface area (Å²) in [6.07, 6.45) is -4.52. The lowest BCUT2D eigenvalue weighted by molar-refractivity contribution is -0.137. The van der Waals surface area contributed by atoms with Crippen LogP contribution in [0.15, 0.2) is 18.2 Å². The zero-order valence-electron chi connectivity index (χ0n) is 18.2. The Hall–Kier alpha value is -2.48. The average Bonchev–Trinajstić information content (AvgIpc) is 3.18. The number of ether oxygens (including phenoxy) is 1. The first-order valence-electron chi connectivity index (χ1n) is 10.4.